The smallest absolute Gasteiger partial charge is 0.303 e. The molecule has 21 heavy (non-hydrogen) atoms. The Balaban J connectivity index is 3.89. The molecule has 5 heteroatoms. The summed E-state index contributed by atoms with van der Waals surface area (Å²) < 4.78 is 0. The van der Waals surface area contributed by atoms with Crippen molar-refractivity contribution in [1.29, 1.82) is 0 Å². The Labute approximate surface area is 134 Å². The minimum Gasteiger partial charge on any atom is -0.481 e. The third-order valence-corrected chi connectivity index (χ3v) is 2.82. The van der Waals surface area contributed by atoms with Gasteiger partial charge in [-0.1, -0.05) is 46.0 Å². The first-order valence-corrected chi connectivity index (χ1v) is 7.64. The van der Waals surface area contributed by atoms with E-state index in [0.29, 0.717) is 25.7 Å². The lowest BCUT2D eigenvalue weighted by atomic mass is 10.1. The van der Waals surface area contributed by atoms with Crippen LogP contribution in [0.1, 0.15) is 32.1 Å². The highest BCUT2D eigenvalue weighted by molar-refractivity contribution is 9.11. The molecular formula is C16H21BrO4. The van der Waals surface area contributed by atoms with Gasteiger partial charge in [0.05, 0.1) is 12.2 Å². The summed E-state index contributed by atoms with van der Waals surface area (Å²) in [7, 11) is 0. The third-order valence-electron chi connectivity index (χ3n) is 2.51. The number of aliphatic hydroxyl groups is 2. The molecule has 0 aromatic heterocycles. The molecule has 0 unspecified atom stereocenters. The molecule has 0 bridgehead atoms. The van der Waals surface area contributed by atoms with Crippen molar-refractivity contribution < 1.29 is 20.1 Å². The summed E-state index contributed by atoms with van der Waals surface area (Å²) in [6, 6.07) is 0. The van der Waals surface area contributed by atoms with Gasteiger partial charge in [0.2, 0.25) is 0 Å². The lowest BCUT2D eigenvalue weighted by molar-refractivity contribution is -0.137. The Morgan fingerprint density at radius 2 is 2.05 bits per heavy atom. The maximum atomic E-state index is 10.3. The second kappa shape index (κ2) is 13.6. The van der Waals surface area contributed by atoms with Crippen molar-refractivity contribution >= 4 is 21.9 Å². The number of halogens is 1. The second-order valence-electron chi connectivity index (χ2n) is 4.31. The first-order valence-electron chi connectivity index (χ1n) is 6.72. The largest absolute Gasteiger partial charge is 0.481 e. The van der Waals surface area contributed by atoms with Crippen LogP contribution in [0, 0.1) is 11.8 Å². The second-order valence-corrected chi connectivity index (χ2v) is 4.84. The van der Waals surface area contributed by atoms with Gasteiger partial charge < -0.3 is 15.3 Å². The molecule has 0 saturated heterocycles. The quantitative estimate of drug-likeness (QED) is 0.337. The van der Waals surface area contributed by atoms with E-state index < -0.39 is 18.2 Å². The number of rotatable bonds is 9. The molecular weight excluding hydrogens is 336 g/mol. The Morgan fingerprint density at radius 1 is 1.29 bits per heavy atom. The highest BCUT2D eigenvalue weighted by Crippen LogP contribution is 2.05. The van der Waals surface area contributed by atoms with Crippen molar-refractivity contribution in [3.05, 3.63) is 35.4 Å². The molecule has 0 amide bonds. The molecule has 0 aliphatic rings. The van der Waals surface area contributed by atoms with Crippen molar-refractivity contribution in [2.24, 2.45) is 0 Å². The molecule has 0 aliphatic carbocycles. The molecule has 0 aromatic carbocycles. The van der Waals surface area contributed by atoms with E-state index in [1.165, 1.54) is 12.2 Å². The van der Waals surface area contributed by atoms with Gasteiger partial charge in [-0.3, -0.25) is 4.79 Å². The van der Waals surface area contributed by atoms with Crippen LogP contribution in [0.4, 0.5) is 0 Å². The maximum absolute atomic E-state index is 10.3. The van der Waals surface area contributed by atoms with E-state index in [-0.39, 0.29) is 6.42 Å². The minimum atomic E-state index is -0.946. The van der Waals surface area contributed by atoms with Crippen LogP contribution in [-0.2, 0) is 4.79 Å². The number of carboxylic acids is 1. The molecule has 0 radical (unpaired) electrons. The summed E-state index contributed by atoms with van der Waals surface area (Å²) in [4.78, 5) is 12.0. The molecule has 0 rings (SSSR count). The van der Waals surface area contributed by atoms with Crippen LogP contribution in [0.2, 0.25) is 0 Å². The van der Waals surface area contributed by atoms with Crippen LogP contribution < -0.4 is 0 Å². The Kier molecular flexibility index (Phi) is 12.7. The van der Waals surface area contributed by atoms with Crippen LogP contribution in [0.15, 0.2) is 35.4 Å². The number of allylic oxidation sites excluding steroid dienone is 4. The zero-order valence-electron chi connectivity index (χ0n) is 11.8. The molecule has 116 valence electrons. The summed E-state index contributed by atoms with van der Waals surface area (Å²) in [5.41, 5.74) is 0. The highest BCUT2D eigenvalue weighted by Gasteiger charge is 2.11. The van der Waals surface area contributed by atoms with Crippen LogP contribution in [0.3, 0.4) is 0 Å². The fourth-order valence-corrected chi connectivity index (χ4v) is 1.56. The van der Waals surface area contributed by atoms with Crippen molar-refractivity contribution in [1.82, 2.24) is 0 Å². The zero-order chi connectivity index (χ0) is 15.9. The van der Waals surface area contributed by atoms with Crippen molar-refractivity contribution in [2.75, 3.05) is 0 Å². The van der Waals surface area contributed by atoms with Crippen LogP contribution in [-0.4, -0.2) is 33.5 Å². The van der Waals surface area contributed by atoms with Crippen LogP contribution in [0.5, 0.6) is 0 Å². The third kappa shape index (κ3) is 13.4. The zero-order valence-corrected chi connectivity index (χ0v) is 13.4. The maximum Gasteiger partial charge on any atom is 0.303 e. The first-order chi connectivity index (χ1) is 10.1. The number of hydrogen-bond donors (Lipinski definition) is 3. The average Bonchev–Trinajstić information content (AvgIpc) is 2.45. The van der Waals surface area contributed by atoms with Gasteiger partial charge in [0, 0.05) is 12.8 Å². The van der Waals surface area contributed by atoms with Gasteiger partial charge in [0.1, 0.15) is 0 Å². The Hall–Kier alpha value is -1.35. The van der Waals surface area contributed by atoms with E-state index in [1.807, 2.05) is 18.2 Å². The molecule has 0 spiro atoms. The molecule has 4 nitrogen and oxygen atoms in total. The van der Waals surface area contributed by atoms with E-state index in [1.54, 1.807) is 4.99 Å². The number of carboxylic acid groups (broad SMARTS) is 1. The molecule has 0 saturated carbocycles. The predicted molar refractivity (Wildman–Crippen MR) is 86.9 cm³/mol. The summed E-state index contributed by atoms with van der Waals surface area (Å²) >= 11 is 3.14. The lowest BCUT2D eigenvalue weighted by Crippen LogP contribution is -2.23. The van der Waals surface area contributed by atoms with Gasteiger partial charge in [-0.05, 0) is 36.4 Å². The van der Waals surface area contributed by atoms with Gasteiger partial charge in [-0.2, -0.15) is 0 Å². The van der Waals surface area contributed by atoms with Crippen LogP contribution >= 0.6 is 15.9 Å². The fraction of sp³-hybridized carbons (Fsp3) is 0.438. The van der Waals surface area contributed by atoms with E-state index in [2.05, 4.69) is 27.8 Å². The molecule has 0 fully saturated rings. The number of unbranched alkanes of at least 4 members (excludes halogenated alkanes) is 1. The summed E-state index contributed by atoms with van der Waals surface area (Å²) in [6.45, 7) is 0. The van der Waals surface area contributed by atoms with E-state index in [9.17, 15) is 15.0 Å². The molecule has 0 aliphatic heterocycles. The average molecular weight is 357 g/mol. The molecule has 3 N–H and O–H groups in total. The topological polar surface area (TPSA) is 77.8 Å². The summed E-state index contributed by atoms with van der Waals surface area (Å²) in [5.74, 6) is 4.66. The van der Waals surface area contributed by atoms with E-state index >= 15 is 0 Å². The van der Waals surface area contributed by atoms with Crippen molar-refractivity contribution in [2.45, 2.75) is 44.3 Å². The van der Waals surface area contributed by atoms with Gasteiger partial charge in [-0.25, -0.2) is 0 Å². The summed E-state index contributed by atoms with van der Waals surface area (Å²) in [6.07, 6.45) is 8.99. The number of carbonyl (C=O) groups is 1. The minimum absolute atomic E-state index is 0.109. The van der Waals surface area contributed by atoms with Gasteiger partial charge in [-0.15, -0.1) is 0 Å². The number of hydrogen-bond acceptors (Lipinski definition) is 3. The van der Waals surface area contributed by atoms with E-state index in [4.69, 9.17) is 5.11 Å². The predicted octanol–water partition coefficient (Wildman–Crippen LogP) is 2.77. The first kappa shape index (κ1) is 19.7. The molecule has 2 atom stereocenters. The van der Waals surface area contributed by atoms with Crippen LogP contribution in [0.25, 0.3) is 0 Å². The monoisotopic (exact) mass is 356 g/mol. The number of aliphatic hydroxyl groups excluding tert-OH is 2. The van der Waals surface area contributed by atoms with E-state index in [0.717, 1.165) is 0 Å². The summed E-state index contributed by atoms with van der Waals surface area (Å²) in [5, 5.41) is 27.8. The van der Waals surface area contributed by atoms with Gasteiger partial charge >= 0.3 is 5.97 Å². The Bertz CT molecular complexity index is 429. The molecule has 0 aromatic rings. The SMILES string of the molecule is O=C(O)CCCC#CC=C[C@@H](O)[C@@H](O)CCC=CC=CBr. The van der Waals surface area contributed by atoms with Crippen molar-refractivity contribution in [3.63, 3.8) is 0 Å². The normalized spacial score (nSPS) is 14.4. The highest BCUT2D eigenvalue weighted by atomic mass is 79.9. The van der Waals surface area contributed by atoms with Gasteiger partial charge in [0.15, 0.2) is 0 Å². The van der Waals surface area contributed by atoms with Crippen molar-refractivity contribution in [3.8, 4) is 11.8 Å². The fourth-order valence-electron chi connectivity index (χ4n) is 1.39. The Morgan fingerprint density at radius 3 is 2.71 bits per heavy atom. The number of aliphatic carboxylic acids is 1. The van der Waals surface area contributed by atoms with Gasteiger partial charge in [0.25, 0.3) is 0 Å². The molecule has 0 heterocycles. The lowest BCUT2D eigenvalue weighted by Gasteiger charge is -2.12. The standard InChI is InChI=1S/C16H21BrO4/c17-13-9-5-4-7-11-15(19)14(18)10-6-2-1-3-8-12-16(20)21/h4-6,9-10,13-15,18-19H,3,7-8,11-12H2,(H,20,21)/t14-,15+/m1/s1.